The highest BCUT2D eigenvalue weighted by Gasteiger charge is 2.30. The molecule has 424 valence electrons. The highest BCUT2D eigenvalue weighted by Crippen LogP contribution is 2.35. The summed E-state index contributed by atoms with van der Waals surface area (Å²) in [6.07, 6.45) is 2.36. The molecule has 80 heavy (non-hydrogen) atoms. The standard InChI is InChI=1S/C54H62Cl3N13O10/c1-30(2)43-42-48(70(68-43)45-38(56)26-33(55)27-39(45)57)64-41(65-50(42)73)25-31-8-15-37(16-9-31)80-54(3,4)52(76)60-18-20-78-22-24-79-23-21-77-19-6-7-36(71)14-17-40(51(74)75)63-49(72)32-10-12-35(13-11-32)69(5)29-34-28-61-47-44(62-34)46(58)66-53(59)67-47/h8-13,15-16,26-28,30,40H,6-7,14,17-25,29H2,1-5H3,(H,60,76)(H,63,72)(H,74,75)(H,64,65,73)(H4,58,59,61,66,67)/t40-/m1/s1. The number of benzene rings is 3. The van der Waals surface area contributed by atoms with E-state index in [0.717, 1.165) is 11.3 Å². The van der Waals surface area contributed by atoms with E-state index in [1.807, 2.05) is 37.9 Å². The molecule has 7 aromatic rings. The number of Topliss-reactive ketones (excluding diaryl/α,β-unsaturated/α-hetero) is 1. The fraction of sp³-hybridized carbons (Fsp3) is 0.389. The van der Waals surface area contributed by atoms with Crippen molar-refractivity contribution >= 4 is 98.0 Å². The summed E-state index contributed by atoms with van der Waals surface area (Å²) in [6.45, 7) is 9.50. The minimum Gasteiger partial charge on any atom is -0.480 e. The number of nitrogens with two attached hydrogens (primary N) is 2. The van der Waals surface area contributed by atoms with Crippen LogP contribution in [0.25, 0.3) is 27.9 Å². The average Bonchev–Trinajstić information content (AvgIpc) is 3.89. The van der Waals surface area contributed by atoms with Gasteiger partial charge in [0.1, 0.15) is 34.5 Å². The van der Waals surface area contributed by atoms with Gasteiger partial charge in [-0.15, -0.1) is 0 Å². The third-order valence-electron chi connectivity index (χ3n) is 12.4. The number of fused-ring (bicyclic) bond motifs is 2. The van der Waals surface area contributed by atoms with E-state index in [4.69, 9.17) is 75.3 Å². The van der Waals surface area contributed by atoms with Gasteiger partial charge in [0, 0.05) is 55.7 Å². The first-order chi connectivity index (χ1) is 38.2. The number of hydrogen-bond acceptors (Lipinski definition) is 18. The number of nitrogen functional groups attached to an aromatic ring is 2. The number of amides is 2. The van der Waals surface area contributed by atoms with Gasteiger partial charge in [0.25, 0.3) is 17.4 Å². The van der Waals surface area contributed by atoms with Crippen molar-refractivity contribution in [2.75, 3.05) is 69.6 Å². The molecule has 0 saturated heterocycles. The summed E-state index contributed by atoms with van der Waals surface area (Å²) < 4.78 is 24.3. The second-order valence-electron chi connectivity index (χ2n) is 19.4. The van der Waals surface area contributed by atoms with Gasteiger partial charge < -0.3 is 56.0 Å². The number of nitrogens with zero attached hydrogens (tertiary/aromatic N) is 8. The number of hydrogen-bond donors (Lipinski definition) is 6. The fourth-order valence-corrected chi connectivity index (χ4v) is 9.22. The van der Waals surface area contributed by atoms with E-state index in [1.54, 1.807) is 68.6 Å². The molecule has 0 saturated carbocycles. The number of H-pyrrole nitrogens is 1. The summed E-state index contributed by atoms with van der Waals surface area (Å²) in [5.74, 6) is -1.45. The second kappa shape index (κ2) is 27.6. The number of ketones is 1. The summed E-state index contributed by atoms with van der Waals surface area (Å²) in [6, 6.07) is 15.5. The number of carbonyl (C=O) groups excluding carboxylic acids is 3. The lowest BCUT2D eigenvalue weighted by atomic mass is 10.1. The number of halogens is 3. The van der Waals surface area contributed by atoms with Crippen molar-refractivity contribution in [1.82, 2.24) is 50.3 Å². The Morgan fingerprint density at radius 2 is 1.52 bits per heavy atom. The van der Waals surface area contributed by atoms with Gasteiger partial charge in [-0.2, -0.15) is 15.1 Å². The lowest BCUT2D eigenvalue weighted by Crippen LogP contribution is -2.47. The highest BCUT2D eigenvalue weighted by atomic mass is 35.5. The molecule has 4 heterocycles. The van der Waals surface area contributed by atoms with Crippen LogP contribution in [0.15, 0.2) is 71.7 Å². The number of carboxylic acid groups (broad SMARTS) is 1. The fourth-order valence-electron chi connectivity index (χ4n) is 8.24. The van der Waals surface area contributed by atoms with Crippen LogP contribution in [0.2, 0.25) is 15.1 Å². The Balaban J connectivity index is 0.725. The van der Waals surface area contributed by atoms with E-state index < -0.39 is 23.5 Å². The number of aromatic nitrogens is 8. The monoisotopic (exact) mass is 1160 g/mol. The van der Waals surface area contributed by atoms with Crippen LogP contribution in [0.5, 0.6) is 5.75 Å². The van der Waals surface area contributed by atoms with Gasteiger partial charge in [-0.25, -0.2) is 24.4 Å². The first-order valence-electron chi connectivity index (χ1n) is 25.5. The Morgan fingerprint density at radius 1 is 0.863 bits per heavy atom. The van der Waals surface area contributed by atoms with Gasteiger partial charge in [0.2, 0.25) is 5.95 Å². The van der Waals surface area contributed by atoms with Gasteiger partial charge >= 0.3 is 5.97 Å². The molecule has 1 atom stereocenters. The summed E-state index contributed by atoms with van der Waals surface area (Å²) in [5, 5.41) is 21.0. The molecule has 4 aromatic heterocycles. The maximum absolute atomic E-state index is 13.5. The molecule has 0 fully saturated rings. The Hall–Kier alpha value is -7.54. The van der Waals surface area contributed by atoms with Crippen LogP contribution in [-0.4, -0.2) is 133 Å². The number of ether oxygens (including phenoxy) is 4. The highest BCUT2D eigenvalue weighted by molar-refractivity contribution is 6.40. The minimum absolute atomic E-state index is 0.00210. The van der Waals surface area contributed by atoms with Crippen molar-refractivity contribution in [1.29, 1.82) is 0 Å². The number of nitrogens with one attached hydrogen (secondary N) is 3. The normalized spacial score (nSPS) is 12.0. The summed E-state index contributed by atoms with van der Waals surface area (Å²) in [7, 11) is 1.83. The maximum Gasteiger partial charge on any atom is 0.326 e. The van der Waals surface area contributed by atoms with E-state index >= 15 is 0 Å². The summed E-state index contributed by atoms with van der Waals surface area (Å²) >= 11 is 19.3. The Kier molecular flexibility index (Phi) is 20.7. The molecule has 26 heteroatoms. The molecule has 7 rings (SSSR count). The van der Waals surface area contributed by atoms with Crippen molar-refractivity contribution in [2.45, 2.75) is 83.9 Å². The molecule has 8 N–H and O–H groups in total. The Labute approximate surface area is 475 Å². The van der Waals surface area contributed by atoms with Gasteiger partial charge in [-0.1, -0.05) is 60.8 Å². The topological polar surface area (TPSA) is 320 Å². The molecule has 0 aliphatic rings. The number of aliphatic carboxylic acids is 1. The quantitative estimate of drug-likeness (QED) is 0.0267. The van der Waals surface area contributed by atoms with Gasteiger partial charge in [0.05, 0.1) is 67.2 Å². The van der Waals surface area contributed by atoms with Crippen molar-refractivity contribution in [3.63, 3.8) is 0 Å². The predicted molar refractivity (Wildman–Crippen MR) is 303 cm³/mol. The van der Waals surface area contributed by atoms with Crippen molar-refractivity contribution in [3.05, 3.63) is 121 Å². The molecule has 0 aliphatic carbocycles. The van der Waals surface area contributed by atoms with E-state index in [2.05, 4.69) is 35.6 Å². The maximum atomic E-state index is 13.5. The Morgan fingerprint density at radius 3 is 2.19 bits per heavy atom. The van der Waals surface area contributed by atoms with Crippen molar-refractivity contribution in [2.24, 2.45) is 0 Å². The lowest BCUT2D eigenvalue weighted by molar-refractivity contribution is -0.139. The number of aromatic amines is 1. The Bertz CT molecular complexity index is 3370. The molecule has 2 amide bonds. The van der Waals surface area contributed by atoms with Crippen LogP contribution in [0.4, 0.5) is 17.5 Å². The minimum atomic E-state index is -1.26. The number of carboxylic acids is 1. The SMILES string of the molecule is CC(C)c1nn(-c2c(Cl)cc(Cl)cc2Cl)c2nc(Cc3ccc(OC(C)(C)C(=O)NCCOCCOCCOCCCC(=O)CC[C@@H](NC(=O)c4ccc(N(C)Cc5cnc6nc(N)nc(N)c6n5)cc4)C(=O)O)cc3)[nH]c(=O)c12. The molecule has 0 bridgehead atoms. The molecule has 23 nitrogen and oxygen atoms in total. The number of anilines is 3. The van der Waals surface area contributed by atoms with Gasteiger partial charge in [0.15, 0.2) is 28.2 Å². The van der Waals surface area contributed by atoms with Crippen LogP contribution >= 0.6 is 34.8 Å². The van der Waals surface area contributed by atoms with E-state index in [0.29, 0.717) is 89.6 Å². The molecule has 0 radical (unpaired) electrons. The number of carbonyl (C=O) groups is 4. The van der Waals surface area contributed by atoms with Crippen molar-refractivity contribution < 1.29 is 43.2 Å². The average molecular weight is 1160 g/mol. The van der Waals surface area contributed by atoms with Gasteiger partial charge in [-0.3, -0.25) is 19.2 Å². The van der Waals surface area contributed by atoms with Crippen LogP contribution in [0, 0.1) is 0 Å². The van der Waals surface area contributed by atoms with Crippen LogP contribution < -0.4 is 37.3 Å². The molecule has 0 aliphatic heterocycles. The largest absolute Gasteiger partial charge is 0.480 e. The van der Waals surface area contributed by atoms with Crippen LogP contribution in [-0.2, 0) is 41.6 Å². The zero-order valence-electron chi connectivity index (χ0n) is 44.7. The zero-order valence-corrected chi connectivity index (χ0v) is 47.0. The third kappa shape index (κ3) is 16.1. The zero-order chi connectivity index (χ0) is 57.7. The first-order valence-corrected chi connectivity index (χ1v) is 26.7. The van der Waals surface area contributed by atoms with E-state index in [1.165, 1.54) is 4.68 Å². The van der Waals surface area contributed by atoms with Crippen molar-refractivity contribution in [3.8, 4) is 11.4 Å². The predicted octanol–water partition coefficient (Wildman–Crippen LogP) is 6.65. The lowest BCUT2D eigenvalue weighted by Gasteiger charge is -2.25. The van der Waals surface area contributed by atoms with Crippen LogP contribution in [0.3, 0.4) is 0 Å². The summed E-state index contributed by atoms with van der Waals surface area (Å²) in [5.41, 5.74) is 14.3. The smallest absolute Gasteiger partial charge is 0.326 e. The first kappa shape index (κ1) is 60.1. The summed E-state index contributed by atoms with van der Waals surface area (Å²) in [4.78, 5) is 90.3. The number of rotatable bonds is 29. The molecule has 0 spiro atoms. The van der Waals surface area contributed by atoms with Gasteiger partial charge in [-0.05, 0) is 86.7 Å². The van der Waals surface area contributed by atoms with Crippen LogP contribution in [0.1, 0.15) is 92.4 Å². The molecule has 3 aromatic carbocycles. The van der Waals surface area contributed by atoms with E-state index in [-0.39, 0.29) is 102 Å². The third-order valence-corrected chi connectivity index (χ3v) is 13.2. The van der Waals surface area contributed by atoms with E-state index in [9.17, 15) is 29.1 Å². The second-order valence-corrected chi connectivity index (χ2v) is 20.6. The molecular weight excluding hydrogens is 1100 g/mol. The molecular formula is C54H62Cl3N13O10. The molecule has 0 unspecified atom stereocenters.